The van der Waals surface area contributed by atoms with Crippen molar-refractivity contribution in [3.8, 4) is 0 Å². The molecular formula is C13H17NO4S. The summed E-state index contributed by atoms with van der Waals surface area (Å²) in [5.41, 5.74) is 0.291. The Hall–Kier alpha value is -1.40. The number of carboxylic acids is 1. The molecule has 2 N–H and O–H groups in total. The molecule has 1 aromatic carbocycles. The molecule has 6 heteroatoms. The highest BCUT2D eigenvalue weighted by atomic mass is 32.2. The van der Waals surface area contributed by atoms with Crippen LogP contribution in [0.4, 0.5) is 0 Å². The van der Waals surface area contributed by atoms with Crippen LogP contribution in [0.5, 0.6) is 0 Å². The van der Waals surface area contributed by atoms with E-state index in [0.717, 1.165) is 6.42 Å². The number of rotatable bonds is 6. The van der Waals surface area contributed by atoms with Gasteiger partial charge in [0, 0.05) is 6.54 Å². The summed E-state index contributed by atoms with van der Waals surface area (Å²) >= 11 is 0. The number of carbonyl (C=O) groups is 1. The molecular weight excluding hydrogens is 266 g/mol. The van der Waals surface area contributed by atoms with Gasteiger partial charge in [0.15, 0.2) is 0 Å². The van der Waals surface area contributed by atoms with E-state index in [9.17, 15) is 13.2 Å². The van der Waals surface area contributed by atoms with Crippen molar-refractivity contribution in [2.45, 2.75) is 31.1 Å². The molecule has 0 radical (unpaired) electrons. The van der Waals surface area contributed by atoms with Crippen LogP contribution in [0.3, 0.4) is 0 Å². The number of sulfonamides is 1. The fraction of sp³-hybridized carbons (Fsp3) is 0.462. The maximum Gasteiger partial charge on any atom is 0.335 e. The van der Waals surface area contributed by atoms with E-state index in [2.05, 4.69) is 4.72 Å². The largest absolute Gasteiger partial charge is 0.478 e. The Morgan fingerprint density at radius 3 is 2.68 bits per heavy atom. The Morgan fingerprint density at radius 1 is 1.42 bits per heavy atom. The predicted octanol–water partition coefficient (Wildman–Crippen LogP) is 1.77. The summed E-state index contributed by atoms with van der Waals surface area (Å²) in [4.78, 5) is 11.0. The maximum atomic E-state index is 12.1. The van der Waals surface area contributed by atoms with Gasteiger partial charge in [0.1, 0.15) is 0 Å². The Labute approximate surface area is 112 Å². The second kappa shape index (κ2) is 5.30. The molecule has 104 valence electrons. The van der Waals surface area contributed by atoms with Gasteiger partial charge in [-0.1, -0.05) is 18.9 Å². The molecule has 2 rings (SSSR count). The van der Waals surface area contributed by atoms with Crippen LogP contribution in [0.2, 0.25) is 0 Å². The highest BCUT2D eigenvalue weighted by Crippen LogP contribution is 2.31. The van der Waals surface area contributed by atoms with Crippen LogP contribution in [-0.4, -0.2) is 26.0 Å². The van der Waals surface area contributed by atoms with E-state index < -0.39 is 16.0 Å². The van der Waals surface area contributed by atoms with Crippen molar-refractivity contribution in [3.63, 3.8) is 0 Å². The summed E-state index contributed by atoms with van der Waals surface area (Å²) in [6.45, 7) is 1.92. The number of hydrogen-bond acceptors (Lipinski definition) is 3. The van der Waals surface area contributed by atoms with Crippen molar-refractivity contribution >= 4 is 16.0 Å². The SMILES string of the molecule is Cc1c(C(=O)O)cccc1S(=O)(=O)NCCC1CC1. The zero-order chi connectivity index (χ0) is 14.0. The number of aromatic carboxylic acids is 1. The Bertz CT molecular complexity index is 591. The normalized spacial score (nSPS) is 15.4. The third kappa shape index (κ3) is 3.33. The van der Waals surface area contributed by atoms with Crippen LogP contribution < -0.4 is 4.72 Å². The van der Waals surface area contributed by atoms with Crippen molar-refractivity contribution in [2.75, 3.05) is 6.54 Å². The Morgan fingerprint density at radius 2 is 2.11 bits per heavy atom. The van der Waals surface area contributed by atoms with Gasteiger partial charge in [0.25, 0.3) is 0 Å². The topological polar surface area (TPSA) is 83.5 Å². The third-order valence-electron chi connectivity index (χ3n) is 3.35. The van der Waals surface area contributed by atoms with Gasteiger partial charge in [-0.15, -0.1) is 0 Å². The van der Waals surface area contributed by atoms with E-state index in [1.54, 1.807) is 0 Å². The number of carboxylic acid groups (broad SMARTS) is 1. The zero-order valence-electron chi connectivity index (χ0n) is 10.7. The van der Waals surface area contributed by atoms with E-state index in [1.807, 2.05) is 0 Å². The minimum atomic E-state index is -3.63. The minimum absolute atomic E-state index is 0.0186. The van der Waals surface area contributed by atoms with Crippen molar-refractivity contribution in [1.82, 2.24) is 4.72 Å². The summed E-state index contributed by atoms with van der Waals surface area (Å²) < 4.78 is 26.8. The molecule has 0 spiro atoms. The molecule has 1 aliphatic rings. The molecule has 1 fully saturated rings. The number of nitrogens with one attached hydrogen (secondary N) is 1. The molecule has 0 aliphatic heterocycles. The molecule has 5 nitrogen and oxygen atoms in total. The smallest absolute Gasteiger partial charge is 0.335 e. The van der Waals surface area contributed by atoms with Crippen LogP contribution in [0, 0.1) is 12.8 Å². The summed E-state index contributed by atoms with van der Waals surface area (Å²) in [6, 6.07) is 4.29. The molecule has 1 aromatic rings. The fourth-order valence-electron chi connectivity index (χ4n) is 2.02. The summed E-state index contributed by atoms with van der Waals surface area (Å²) in [7, 11) is -3.63. The Kier molecular flexibility index (Phi) is 3.91. The van der Waals surface area contributed by atoms with Gasteiger partial charge >= 0.3 is 5.97 Å². The summed E-state index contributed by atoms with van der Waals surface area (Å²) in [6.07, 6.45) is 3.20. The van der Waals surface area contributed by atoms with E-state index in [-0.39, 0.29) is 16.0 Å². The van der Waals surface area contributed by atoms with Gasteiger partial charge in [-0.25, -0.2) is 17.9 Å². The van der Waals surface area contributed by atoms with Crippen LogP contribution in [0.1, 0.15) is 35.2 Å². The van der Waals surface area contributed by atoms with Crippen LogP contribution >= 0.6 is 0 Å². The molecule has 1 saturated carbocycles. The van der Waals surface area contributed by atoms with Crippen molar-refractivity contribution in [1.29, 1.82) is 0 Å². The first-order chi connectivity index (χ1) is 8.92. The monoisotopic (exact) mass is 283 g/mol. The molecule has 0 aromatic heterocycles. The van der Waals surface area contributed by atoms with Crippen molar-refractivity contribution < 1.29 is 18.3 Å². The summed E-state index contributed by atoms with van der Waals surface area (Å²) in [5, 5.41) is 9.00. The van der Waals surface area contributed by atoms with E-state index in [4.69, 9.17) is 5.11 Å². The maximum absolute atomic E-state index is 12.1. The van der Waals surface area contributed by atoms with Crippen LogP contribution in [0.25, 0.3) is 0 Å². The molecule has 0 unspecified atom stereocenters. The lowest BCUT2D eigenvalue weighted by molar-refractivity contribution is 0.0696. The van der Waals surface area contributed by atoms with E-state index in [1.165, 1.54) is 38.0 Å². The summed E-state index contributed by atoms with van der Waals surface area (Å²) in [5.74, 6) is -0.471. The lowest BCUT2D eigenvalue weighted by atomic mass is 10.1. The second-order valence-electron chi connectivity index (χ2n) is 4.86. The molecule has 19 heavy (non-hydrogen) atoms. The molecule has 1 aliphatic carbocycles. The van der Waals surface area contributed by atoms with Gasteiger partial charge in [0.05, 0.1) is 10.5 Å². The molecule has 0 bridgehead atoms. The standard InChI is InChI=1S/C13H17NO4S/c1-9-11(13(15)16)3-2-4-12(9)19(17,18)14-8-7-10-5-6-10/h2-4,10,14H,5-8H2,1H3,(H,15,16). The average molecular weight is 283 g/mol. The molecule has 0 atom stereocenters. The lowest BCUT2D eigenvalue weighted by Crippen LogP contribution is -2.26. The highest BCUT2D eigenvalue weighted by Gasteiger charge is 2.23. The molecule has 0 amide bonds. The molecule has 0 saturated heterocycles. The average Bonchev–Trinajstić information content (AvgIpc) is 3.12. The van der Waals surface area contributed by atoms with E-state index >= 15 is 0 Å². The van der Waals surface area contributed by atoms with Crippen LogP contribution in [-0.2, 0) is 10.0 Å². The van der Waals surface area contributed by atoms with Gasteiger partial charge in [-0.2, -0.15) is 0 Å². The van der Waals surface area contributed by atoms with Crippen molar-refractivity contribution in [3.05, 3.63) is 29.3 Å². The number of hydrogen-bond donors (Lipinski definition) is 2. The first-order valence-corrected chi connectivity index (χ1v) is 7.72. The first kappa shape index (κ1) is 14.0. The fourth-order valence-corrected chi connectivity index (χ4v) is 3.33. The third-order valence-corrected chi connectivity index (χ3v) is 4.95. The predicted molar refractivity (Wildman–Crippen MR) is 70.7 cm³/mol. The quantitative estimate of drug-likeness (QED) is 0.833. The minimum Gasteiger partial charge on any atom is -0.478 e. The Balaban J connectivity index is 2.18. The van der Waals surface area contributed by atoms with Crippen molar-refractivity contribution in [2.24, 2.45) is 5.92 Å². The highest BCUT2D eigenvalue weighted by molar-refractivity contribution is 7.89. The van der Waals surface area contributed by atoms with Gasteiger partial charge < -0.3 is 5.11 Å². The van der Waals surface area contributed by atoms with E-state index in [0.29, 0.717) is 12.5 Å². The number of benzene rings is 1. The molecule has 0 heterocycles. The zero-order valence-corrected chi connectivity index (χ0v) is 11.5. The van der Waals surface area contributed by atoms with Gasteiger partial charge in [0.2, 0.25) is 10.0 Å². The lowest BCUT2D eigenvalue weighted by Gasteiger charge is -2.10. The van der Waals surface area contributed by atoms with Crippen LogP contribution in [0.15, 0.2) is 23.1 Å². The van der Waals surface area contributed by atoms with Gasteiger partial charge in [-0.05, 0) is 37.0 Å². The second-order valence-corrected chi connectivity index (χ2v) is 6.60. The van der Waals surface area contributed by atoms with Gasteiger partial charge in [-0.3, -0.25) is 0 Å². The first-order valence-electron chi connectivity index (χ1n) is 6.24.